The number of nitrogens with zero attached hydrogens (tertiary/aromatic N) is 1. The van der Waals surface area contributed by atoms with Crippen molar-refractivity contribution in [2.45, 2.75) is 63.9 Å². The van der Waals surface area contributed by atoms with Gasteiger partial charge in [-0.2, -0.15) is 0 Å². The molecular weight excluding hydrogens is 260 g/mol. The van der Waals surface area contributed by atoms with Crippen molar-refractivity contribution in [3.05, 3.63) is 30.1 Å². The van der Waals surface area contributed by atoms with Gasteiger partial charge >= 0.3 is 0 Å². The number of aromatic nitrogens is 1. The van der Waals surface area contributed by atoms with E-state index in [0.717, 1.165) is 24.5 Å². The average Bonchev–Trinajstić information content (AvgIpc) is 2.55. The van der Waals surface area contributed by atoms with Crippen LogP contribution in [-0.2, 0) is 0 Å². The predicted octanol–water partition coefficient (Wildman–Crippen LogP) is 3.48. The minimum atomic E-state index is -0.350. The third kappa shape index (κ3) is 4.52. The third-order valence-electron chi connectivity index (χ3n) is 5.07. The van der Waals surface area contributed by atoms with Crippen LogP contribution in [0.3, 0.4) is 0 Å². The molecule has 1 fully saturated rings. The summed E-state index contributed by atoms with van der Waals surface area (Å²) in [5.41, 5.74) is 6.84. The summed E-state index contributed by atoms with van der Waals surface area (Å²) < 4.78 is 0. The average molecular weight is 290 g/mol. The Kier molecular flexibility index (Phi) is 6.65. The first kappa shape index (κ1) is 16.4. The van der Waals surface area contributed by atoms with E-state index >= 15 is 0 Å². The topological polar surface area (TPSA) is 59.1 Å². The van der Waals surface area contributed by atoms with E-state index in [4.69, 9.17) is 5.73 Å². The molecule has 1 aliphatic carbocycles. The highest BCUT2D eigenvalue weighted by atomic mass is 16.3. The molecule has 0 bridgehead atoms. The van der Waals surface area contributed by atoms with Crippen LogP contribution in [0.4, 0.5) is 0 Å². The largest absolute Gasteiger partial charge is 0.392 e. The van der Waals surface area contributed by atoms with Crippen molar-refractivity contribution >= 4 is 0 Å². The van der Waals surface area contributed by atoms with Gasteiger partial charge in [0.25, 0.3) is 0 Å². The quantitative estimate of drug-likeness (QED) is 0.808. The van der Waals surface area contributed by atoms with Crippen LogP contribution in [0.1, 0.15) is 63.5 Å². The van der Waals surface area contributed by atoms with Gasteiger partial charge in [0.05, 0.1) is 6.10 Å². The summed E-state index contributed by atoms with van der Waals surface area (Å²) in [6.45, 7) is 2.72. The third-order valence-corrected chi connectivity index (χ3v) is 5.07. The first-order valence-corrected chi connectivity index (χ1v) is 8.55. The molecule has 0 saturated heterocycles. The van der Waals surface area contributed by atoms with Crippen LogP contribution in [0, 0.1) is 11.8 Å². The van der Waals surface area contributed by atoms with Gasteiger partial charge < -0.3 is 10.8 Å². The summed E-state index contributed by atoms with van der Waals surface area (Å²) in [6.07, 6.45) is 10.2. The number of aliphatic hydroxyl groups excluding tert-OH is 1. The Morgan fingerprint density at radius 1 is 1.29 bits per heavy atom. The fraction of sp³-hybridized carbons (Fsp3) is 0.722. The highest BCUT2D eigenvalue weighted by Gasteiger charge is 2.31. The Morgan fingerprint density at radius 2 is 2.05 bits per heavy atom. The van der Waals surface area contributed by atoms with Crippen molar-refractivity contribution < 1.29 is 5.11 Å². The molecule has 0 radical (unpaired) electrons. The molecule has 3 nitrogen and oxygen atoms in total. The number of hydrogen-bond donors (Lipinski definition) is 2. The molecule has 2 atom stereocenters. The van der Waals surface area contributed by atoms with Crippen LogP contribution in [-0.4, -0.2) is 22.7 Å². The van der Waals surface area contributed by atoms with Gasteiger partial charge in [-0.05, 0) is 36.8 Å². The van der Waals surface area contributed by atoms with Crippen LogP contribution in [0.2, 0.25) is 0 Å². The van der Waals surface area contributed by atoms with E-state index in [1.165, 1.54) is 32.1 Å². The molecule has 0 spiro atoms. The lowest BCUT2D eigenvalue weighted by Crippen LogP contribution is -2.35. The second-order valence-corrected chi connectivity index (χ2v) is 6.51. The zero-order valence-corrected chi connectivity index (χ0v) is 13.2. The van der Waals surface area contributed by atoms with Gasteiger partial charge in [0, 0.05) is 24.4 Å². The van der Waals surface area contributed by atoms with Crippen molar-refractivity contribution in [2.75, 3.05) is 6.54 Å². The number of unbranched alkanes of at least 4 members (excludes halogenated alkanes) is 1. The van der Waals surface area contributed by atoms with Crippen LogP contribution in [0.5, 0.6) is 0 Å². The Bertz CT molecular complexity index is 387. The number of rotatable bonds is 7. The Hall–Kier alpha value is -0.930. The molecule has 2 rings (SSSR count). The highest BCUT2D eigenvalue weighted by Crippen LogP contribution is 2.36. The lowest BCUT2D eigenvalue weighted by molar-refractivity contribution is 0.0510. The first-order chi connectivity index (χ1) is 10.3. The molecular formula is C18H30N2O. The van der Waals surface area contributed by atoms with E-state index < -0.39 is 0 Å². The maximum absolute atomic E-state index is 10.7. The second kappa shape index (κ2) is 8.50. The Balaban J connectivity index is 1.89. The van der Waals surface area contributed by atoms with Crippen molar-refractivity contribution in [2.24, 2.45) is 17.6 Å². The molecule has 1 aliphatic rings. The summed E-state index contributed by atoms with van der Waals surface area (Å²) in [6, 6.07) is 5.86. The van der Waals surface area contributed by atoms with E-state index in [1.54, 1.807) is 6.20 Å². The molecule has 0 aromatic carbocycles. The fourth-order valence-corrected chi connectivity index (χ4v) is 3.67. The summed E-state index contributed by atoms with van der Waals surface area (Å²) in [4.78, 5) is 4.38. The zero-order valence-electron chi connectivity index (χ0n) is 13.2. The molecule has 118 valence electrons. The molecule has 1 aromatic rings. The molecule has 1 aromatic heterocycles. The van der Waals surface area contributed by atoms with Gasteiger partial charge in [0.2, 0.25) is 0 Å². The smallest absolute Gasteiger partial charge is 0.0664 e. The maximum atomic E-state index is 10.7. The van der Waals surface area contributed by atoms with Crippen LogP contribution < -0.4 is 5.73 Å². The molecule has 1 heterocycles. The summed E-state index contributed by atoms with van der Waals surface area (Å²) in [5, 5.41) is 10.7. The van der Waals surface area contributed by atoms with E-state index in [9.17, 15) is 5.11 Å². The summed E-state index contributed by atoms with van der Waals surface area (Å²) in [7, 11) is 0. The van der Waals surface area contributed by atoms with E-state index in [1.807, 2.05) is 18.2 Å². The van der Waals surface area contributed by atoms with Crippen molar-refractivity contribution in [1.82, 2.24) is 4.98 Å². The molecule has 0 amide bonds. The minimum Gasteiger partial charge on any atom is -0.392 e. The lowest BCUT2D eigenvalue weighted by atomic mass is 9.74. The van der Waals surface area contributed by atoms with Gasteiger partial charge in [0.1, 0.15) is 0 Å². The molecule has 1 saturated carbocycles. The number of aliphatic hydroxyl groups is 1. The van der Waals surface area contributed by atoms with Crippen molar-refractivity contribution in [1.29, 1.82) is 0 Å². The standard InChI is InChI=1S/C18H30N2O/c1-2-3-6-14-8-10-15(11-9-14)18(21)16(13-19)17-7-4-5-12-20-17/h4-5,7,12,14-16,18,21H,2-3,6,8-11,13,19H2,1H3. The number of hydrogen-bond acceptors (Lipinski definition) is 3. The van der Waals surface area contributed by atoms with Crippen LogP contribution in [0.15, 0.2) is 24.4 Å². The fourth-order valence-electron chi connectivity index (χ4n) is 3.67. The van der Waals surface area contributed by atoms with Crippen molar-refractivity contribution in [3.8, 4) is 0 Å². The predicted molar refractivity (Wildman–Crippen MR) is 87.0 cm³/mol. The summed E-state index contributed by atoms with van der Waals surface area (Å²) >= 11 is 0. The SMILES string of the molecule is CCCCC1CCC(C(O)C(CN)c2ccccn2)CC1. The first-order valence-electron chi connectivity index (χ1n) is 8.55. The second-order valence-electron chi connectivity index (χ2n) is 6.51. The van der Waals surface area contributed by atoms with Crippen molar-refractivity contribution in [3.63, 3.8) is 0 Å². The number of pyridine rings is 1. The number of nitrogens with two attached hydrogens (primary N) is 1. The molecule has 0 aliphatic heterocycles. The molecule has 3 heteroatoms. The van der Waals surface area contributed by atoms with Gasteiger partial charge in [0.15, 0.2) is 0 Å². The van der Waals surface area contributed by atoms with Crippen LogP contribution >= 0.6 is 0 Å². The normalized spacial score (nSPS) is 25.5. The zero-order chi connectivity index (χ0) is 15.1. The molecule has 3 N–H and O–H groups in total. The minimum absolute atomic E-state index is 0.0246. The van der Waals surface area contributed by atoms with Crippen LogP contribution in [0.25, 0.3) is 0 Å². The van der Waals surface area contributed by atoms with Gasteiger partial charge in [-0.15, -0.1) is 0 Å². The van der Waals surface area contributed by atoms with Gasteiger partial charge in [-0.3, -0.25) is 4.98 Å². The van der Waals surface area contributed by atoms with E-state index in [2.05, 4.69) is 11.9 Å². The maximum Gasteiger partial charge on any atom is 0.0664 e. The van der Waals surface area contributed by atoms with E-state index in [0.29, 0.717) is 12.5 Å². The van der Waals surface area contributed by atoms with Gasteiger partial charge in [-0.1, -0.05) is 45.1 Å². The Labute approximate surface area is 129 Å². The Morgan fingerprint density at radius 3 is 2.62 bits per heavy atom. The van der Waals surface area contributed by atoms with Gasteiger partial charge in [-0.25, -0.2) is 0 Å². The highest BCUT2D eigenvalue weighted by molar-refractivity contribution is 5.12. The summed E-state index contributed by atoms with van der Waals surface area (Å²) in [5.74, 6) is 1.24. The molecule has 21 heavy (non-hydrogen) atoms. The lowest BCUT2D eigenvalue weighted by Gasteiger charge is -2.34. The monoisotopic (exact) mass is 290 g/mol. The van der Waals surface area contributed by atoms with E-state index in [-0.39, 0.29) is 12.0 Å². The molecule has 2 unspecified atom stereocenters.